The molecule has 10 nitrogen and oxygen atoms in total. The minimum Gasteiger partial charge on any atom is -0.465 e. The third kappa shape index (κ3) is 26.2. The Morgan fingerprint density at radius 3 is 1.46 bits per heavy atom. The van der Waals surface area contributed by atoms with Crippen molar-refractivity contribution >= 4 is 63.7 Å². The molecule has 0 aromatic carbocycles. The summed E-state index contributed by atoms with van der Waals surface area (Å²) in [6.45, 7) is 20.7. The minimum atomic E-state index is -2.57. The van der Waals surface area contributed by atoms with E-state index in [9.17, 15) is 0 Å². The lowest BCUT2D eigenvalue weighted by Crippen LogP contribution is -2.59. The Labute approximate surface area is 230 Å². The standard InChI is InChI=1S/C9H23NO3Si.C9H22O3S4Si.CH3NO2/c1-5-9-10-14(11-6-2,12-7-3)13-8-4;1-5-9-13-14-15-16-17(10-6-2,11-7-3)12-8-4;2-1(3)4/h10H,5-9H2,1-4H3;5-9H2,1-4H3;2H2,(H,3,4). The van der Waals surface area contributed by atoms with Crippen LogP contribution in [-0.2, 0) is 26.6 Å². The maximum atomic E-state index is 8.78. The van der Waals surface area contributed by atoms with Crippen LogP contribution in [0.25, 0.3) is 0 Å². The zero-order valence-corrected chi connectivity index (χ0v) is 27.9. The smallest absolute Gasteiger partial charge is 0.465 e. The molecule has 4 N–H and O–H groups in total. The van der Waals surface area contributed by atoms with E-state index < -0.39 is 23.0 Å². The van der Waals surface area contributed by atoms with Crippen LogP contribution in [0.1, 0.15) is 68.2 Å². The first-order valence-corrected chi connectivity index (χ1v) is 21.1. The highest BCUT2D eigenvalue weighted by atomic mass is 33.7. The highest BCUT2D eigenvalue weighted by Gasteiger charge is 2.43. The van der Waals surface area contributed by atoms with Gasteiger partial charge in [-0.15, -0.1) is 0 Å². The normalized spacial score (nSPS) is 11.3. The average molecular weight is 617 g/mol. The van der Waals surface area contributed by atoms with Crippen LogP contribution in [0.5, 0.6) is 0 Å². The molecular formula is C19H48N2O8S4Si2. The summed E-state index contributed by atoms with van der Waals surface area (Å²) in [6, 6.07) is 0. The van der Waals surface area contributed by atoms with Crippen molar-refractivity contribution in [3.8, 4) is 0 Å². The zero-order valence-electron chi connectivity index (χ0n) is 22.6. The topological polar surface area (TPSA) is 131 Å². The van der Waals surface area contributed by atoms with Gasteiger partial charge >= 0.3 is 23.0 Å². The molecule has 0 aliphatic heterocycles. The predicted molar refractivity (Wildman–Crippen MR) is 157 cm³/mol. The Kier molecular flexibility index (Phi) is 33.8. The second-order valence-corrected chi connectivity index (χ2v) is 18.7. The van der Waals surface area contributed by atoms with E-state index >= 15 is 0 Å². The first-order valence-electron chi connectivity index (χ1n) is 11.9. The second-order valence-electron chi connectivity index (χ2n) is 5.96. The molecule has 0 aromatic heterocycles. The van der Waals surface area contributed by atoms with Crippen molar-refractivity contribution in [2.24, 2.45) is 5.73 Å². The Hall–Kier alpha value is 0.824. The molecule has 0 rings (SSSR count). The van der Waals surface area contributed by atoms with Gasteiger partial charge in [0.25, 0.3) is 0 Å². The van der Waals surface area contributed by atoms with Gasteiger partial charge in [0.1, 0.15) is 0 Å². The molecule has 0 radical (unpaired) electrons. The van der Waals surface area contributed by atoms with Gasteiger partial charge in [-0.1, -0.05) is 24.6 Å². The maximum absolute atomic E-state index is 8.78. The number of carboxylic acid groups (broad SMARTS) is 1. The van der Waals surface area contributed by atoms with Crippen molar-refractivity contribution in [2.75, 3.05) is 51.9 Å². The van der Waals surface area contributed by atoms with Crippen molar-refractivity contribution in [3.05, 3.63) is 0 Å². The summed E-state index contributed by atoms with van der Waals surface area (Å²) in [7, 11) is 1.89. The average Bonchev–Trinajstić information content (AvgIpc) is 2.79. The number of primary amides is 1. The van der Waals surface area contributed by atoms with E-state index in [4.69, 9.17) is 36.5 Å². The third-order valence-corrected chi connectivity index (χ3v) is 18.7. The molecule has 0 bridgehead atoms. The van der Waals surface area contributed by atoms with E-state index in [0.717, 1.165) is 13.0 Å². The molecule has 0 atom stereocenters. The Morgan fingerprint density at radius 1 is 0.743 bits per heavy atom. The maximum Gasteiger partial charge on any atom is 0.596 e. The second kappa shape index (κ2) is 29.4. The number of hydrogen-bond donors (Lipinski definition) is 3. The summed E-state index contributed by atoms with van der Waals surface area (Å²) in [5, 5.41) is 7.19. The molecule has 214 valence electrons. The Balaban J connectivity index is -0.000000514. The molecule has 0 spiro atoms. The minimum absolute atomic E-state index is 0.614. The molecule has 0 saturated carbocycles. The van der Waals surface area contributed by atoms with Crippen molar-refractivity contribution in [3.63, 3.8) is 0 Å². The molecule has 16 heteroatoms. The first kappa shape index (κ1) is 40.3. The van der Waals surface area contributed by atoms with Gasteiger partial charge in [0.15, 0.2) is 0 Å². The zero-order chi connectivity index (χ0) is 27.4. The van der Waals surface area contributed by atoms with Gasteiger partial charge < -0.3 is 37.4 Å². The lowest BCUT2D eigenvalue weighted by molar-refractivity contribution is 0.0600. The Morgan fingerprint density at radius 2 is 1.14 bits per heavy atom. The Bertz CT molecular complexity index is 429. The van der Waals surface area contributed by atoms with Crippen LogP contribution >= 0.6 is 40.7 Å². The van der Waals surface area contributed by atoms with Gasteiger partial charge in [0, 0.05) is 45.4 Å². The molecule has 1 amide bonds. The molecule has 0 aliphatic carbocycles. The number of amides is 1. The van der Waals surface area contributed by atoms with Gasteiger partial charge in [-0.05, 0) is 90.8 Å². The molecular weight excluding hydrogens is 569 g/mol. The quantitative estimate of drug-likeness (QED) is 0.0819. The molecule has 35 heavy (non-hydrogen) atoms. The van der Waals surface area contributed by atoms with Crippen molar-refractivity contribution < 1.29 is 36.5 Å². The highest BCUT2D eigenvalue weighted by molar-refractivity contribution is 9.28. The molecule has 0 fully saturated rings. The van der Waals surface area contributed by atoms with Crippen LogP contribution in [-0.4, -0.2) is 80.1 Å². The van der Waals surface area contributed by atoms with Crippen LogP contribution < -0.4 is 10.7 Å². The monoisotopic (exact) mass is 616 g/mol. The van der Waals surface area contributed by atoms with Crippen molar-refractivity contribution in [1.82, 2.24) is 4.98 Å². The fourth-order valence-electron chi connectivity index (χ4n) is 2.05. The molecule has 0 aromatic rings. The number of nitrogens with one attached hydrogen (secondary N) is 1. The third-order valence-electron chi connectivity index (χ3n) is 3.06. The van der Waals surface area contributed by atoms with Crippen molar-refractivity contribution in [1.29, 1.82) is 0 Å². The highest BCUT2D eigenvalue weighted by Crippen LogP contribution is 2.48. The molecule has 0 aliphatic rings. The van der Waals surface area contributed by atoms with Gasteiger partial charge in [-0.2, -0.15) is 0 Å². The largest absolute Gasteiger partial charge is 0.596 e. The van der Waals surface area contributed by atoms with Crippen molar-refractivity contribution in [2.45, 2.75) is 68.2 Å². The van der Waals surface area contributed by atoms with Crippen LogP contribution in [0.2, 0.25) is 0 Å². The summed E-state index contributed by atoms with van der Waals surface area (Å²) >= 11 is 0. The van der Waals surface area contributed by atoms with Crippen LogP contribution in [0.4, 0.5) is 4.79 Å². The summed E-state index contributed by atoms with van der Waals surface area (Å²) in [5.74, 6) is 1.17. The summed E-state index contributed by atoms with van der Waals surface area (Å²) in [4.78, 5) is 12.0. The van der Waals surface area contributed by atoms with E-state index in [-0.39, 0.29) is 0 Å². The molecule has 0 unspecified atom stereocenters. The fourth-order valence-corrected chi connectivity index (χ4v) is 18.4. The van der Waals surface area contributed by atoms with Gasteiger partial charge in [0.2, 0.25) is 0 Å². The van der Waals surface area contributed by atoms with Crippen LogP contribution in [0.3, 0.4) is 0 Å². The number of nitrogens with two attached hydrogens (primary N) is 1. The van der Waals surface area contributed by atoms with Gasteiger partial charge in [-0.3, -0.25) is 4.98 Å². The van der Waals surface area contributed by atoms with Gasteiger partial charge in [0.05, 0.1) is 0 Å². The SMILES string of the molecule is CCCN[Si](OCC)(OCC)OCC.CCCSSSS[Si](OCC)(OCC)OCC.NC(=O)O. The van der Waals surface area contributed by atoms with E-state index in [0.29, 0.717) is 39.6 Å². The van der Waals surface area contributed by atoms with E-state index in [1.54, 1.807) is 29.9 Å². The number of carbonyl (C=O) groups is 1. The van der Waals surface area contributed by atoms with E-state index in [1.165, 1.54) is 12.2 Å². The molecule has 0 heterocycles. The molecule has 0 saturated heterocycles. The van der Waals surface area contributed by atoms with E-state index in [1.807, 2.05) is 52.3 Å². The lowest BCUT2D eigenvalue weighted by Gasteiger charge is -2.28. The summed E-state index contributed by atoms with van der Waals surface area (Å²) < 4.78 is 34.0. The van der Waals surface area contributed by atoms with E-state index in [2.05, 4.69) is 24.6 Å². The fraction of sp³-hybridized carbons (Fsp3) is 0.947. The number of rotatable bonds is 21. The van der Waals surface area contributed by atoms with Crippen LogP contribution in [0, 0.1) is 0 Å². The predicted octanol–water partition coefficient (Wildman–Crippen LogP) is 5.77. The summed E-state index contributed by atoms with van der Waals surface area (Å²) in [6.07, 6.45) is 0.913. The summed E-state index contributed by atoms with van der Waals surface area (Å²) in [5.41, 5.74) is 4.03. The van der Waals surface area contributed by atoms with Crippen LogP contribution in [0.15, 0.2) is 0 Å². The lowest BCUT2D eigenvalue weighted by atomic mass is 10.5. The number of hydrogen-bond acceptors (Lipinski definition) is 12. The first-order chi connectivity index (χ1) is 16.7. The van der Waals surface area contributed by atoms with Gasteiger partial charge in [-0.25, -0.2) is 4.79 Å².